The molecule has 12 heavy (non-hydrogen) atoms. The molecule has 0 saturated carbocycles. The van der Waals surface area contributed by atoms with Gasteiger partial charge in [0.2, 0.25) is 5.75 Å². The molecule has 0 radical (unpaired) electrons. The van der Waals surface area contributed by atoms with E-state index >= 15 is 0 Å². The van der Waals surface area contributed by atoms with Crippen LogP contribution in [0.4, 0.5) is 5.69 Å². The SMILES string of the molecule is NSOOc1cccc(N)c1O. The Morgan fingerprint density at radius 3 is 2.83 bits per heavy atom. The molecule has 6 heteroatoms. The van der Waals surface area contributed by atoms with Crippen molar-refractivity contribution in [3.63, 3.8) is 0 Å². The number of hydrogen-bond donors (Lipinski definition) is 3. The number of para-hydroxylation sites is 1. The molecule has 66 valence electrons. The summed E-state index contributed by atoms with van der Waals surface area (Å²) in [7, 11) is 0. The summed E-state index contributed by atoms with van der Waals surface area (Å²) in [5.74, 6) is -0.0282. The van der Waals surface area contributed by atoms with Gasteiger partial charge in [0.1, 0.15) is 12.2 Å². The minimum atomic E-state index is -0.161. The molecule has 0 saturated heterocycles. The van der Waals surface area contributed by atoms with E-state index in [9.17, 15) is 5.11 Å². The number of phenolic OH excluding ortho intramolecular Hbond substituents is 1. The van der Waals surface area contributed by atoms with E-state index in [-0.39, 0.29) is 17.2 Å². The van der Waals surface area contributed by atoms with Gasteiger partial charge in [0.25, 0.3) is 0 Å². The van der Waals surface area contributed by atoms with Gasteiger partial charge in [-0.15, -0.1) is 0 Å². The highest BCUT2D eigenvalue weighted by Crippen LogP contribution is 2.31. The zero-order valence-electron chi connectivity index (χ0n) is 6.06. The summed E-state index contributed by atoms with van der Waals surface area (Å²) in [5.41, 5.74) is 5.59. The topological polar surface area (TPSA) is 90.7 Å². The Hall–Kier alpha value is -1.11. The highest BCUT2D eigenvalue weighted by atomic mass is 32.2. The summed E-state index contributed by atoms with van der Waals surface area (Å²) in [6, 6.07) is 4.66. The first-order chi connectivity index (χ1) is 5.75. The summed E-state index contributed by atoms with van der Waals surface area (Å²) >= 11 is 0.537. The lowest BCUT2D eigenvalue weighted by atomic mass is 10.3. The summed E-state index contributed by atoms with van der Waals surface area (Å²) in [6.45, 7) is 0. The predicted octanol–water partition coefficient (Wildman–Crippen LogP) is 0.807. The molecule has 0 bridgehead atoms. The van der Waals surface area contributed by atoms with Gasteiger partial charge in [-0.3, -0.25) is 5.14 Å². The van der Waals surface area contributed by atoms with E-state index in [2.05, 4.69) is 9.22 Å². The van der Waals surface area contributed by atoms with Crippen LogP contribution in [-0.4, -0.2) is 5.11 Å². The Morgan fingerprint density at radius 1 is 1.42 bits per heavy atom. The van der Waals surface area contributed by atoms with Gasteiger partial charge in [-0.25, -0.2) is 0 Å². The van der Waals surface area contributed by atoms with Crippen molar-refractivity contribution < 1.29 is 14.3 Å². The molecule has 5 nitrogen and oxygen atoms in total. The molecular weight excluding hydrogens is 180 g/mol. The summed E-state index contributed by atoms with van der Waals surface area (Å²) in [4.78, 5) is 4.57. The first kappa shape index (κ1) is 8.98. The second kappa shape index (κ2) is 4.05. The Kier molecular flexibility index (Phi) is 3.03. The van der Waals surface area contributed by atoms with Gasteiger partial charge in [0.15, 0.2) is 5.75 Å². The molecule has 0 amide bonds. The Balaban J connectivity index is 2.78. The Labute approximate surface area is 73.5 Å². The molecule has 0 atom stereocenters. The van der Waals surface area contributed by atoms with E-state index in [1.807, 2.05) is 0 Å². The van der Waals surface area contributed by atoms with Crippen molar-refractivity contribution in [2.45, 2.75) is 0 Å². The first-order valence-corrected chi connectivity index (χ1v) is 3.83. The van der Waals surface area contributed by atoms with E-state index in [0.717, 1.165) is 0 Å². The maximum Gasteiger partial charge on any atom is 0.210 e. The van der Waals surface area contributed by atoms with Crippen molar-refractivity contribution in [1.82, 2.24) is 0 Å². The average Bonchev–Trinajstić information content (AvgIpc) is 2.08. The third-order valence-corrected chi connectivity index (χ3v) is 1.34. The van der Waals surface area contributed by atoms with Crippen LogP contribution < -0.4 is 15.8 Å². The number of hydrogen-bond acceptors (Lipinski definition) is 6. The van der Waals surface area contributed by atoms with Crippen LogP contribution in [0.15, 0.2) is 18.2 Å². The zero-order valence-corrected chi connectivity index (χ0v) is 6.88. The number of phenols is 1. The Bertz CT molecular complexity index is 269. The summed E-state index contributed by atoms with van der Waals surface area (Å²) in [5, 5.41) is 14.2. The molecule has 1 aromatic rings. The normalized spacial score (nSPS) is 9.75. The smallest absolute Gasteiger partial charge is 0.210 e. The number of benzene rings is 1. The molecule has 0 aliphatic heterocycles. The third kappa shape index (κ3) is 1.94. The molecule has 5 N–H and O–H groups in total. The van der Waals surface area contributed by atoms with Crippen LogP contribution in [0.25, 0.3) is 0 Å². The monoisotopic (exact) mass is 188 g/mol. The quantitative estimate of drug-likeness (QED) is 0.162. The number of aromatic hydroxyl groups is 1. The lowest BCUT2D eigenvalue weighted by molar-refractivity contribution is -0.0795. The van der Waals surface area contributed by atoms with Crippen molar-refractivity contribution in [2.75, 3.05) is 5.73 Å². The van der Waals surface area contributed by atoms with Crippen LogP contribution in [0.2, 0.25) is 0 Å². The molecule has 0 fully saturated rings. The summed E-state index contributed by atoms with van der Waals surface area (Å²) in [6.07, 6.45) is 0. The predicted molar refractivity (Wildman–Crippen MR) is 46.0 cm³/mol. The van der Waals surface area contributed by atoms with Crippen molar-refractivity contribution in [2.24, 2.45) is 5.14 Å². The van der Waals surface area contributed by atoms with Crippen molar-refractivity contribution in [3.05, 3.63) is 18.2 Å². The van der Waals surface area contributed by atoms with Crippen molar-refractivity contribution in [1.29, 1.82) is 0 Å². The van der Waals surface area contributed by atoms with E-state index in [4.69, 9.17) is 10.9 Å². The van der Waals surface area contributed by atoms with Crippen LogP contribution >= 0.6 is 12.2 Å². The molecule has 0 spiro atoms. The number of rotatable bonds is 3. The van der Waals surface area contributed by atoms with Gasteiger partial charge >= 0.3 is 0 Å². The number of anilines is 1. The second-order valence-corrected chi connectivity index (χ2v) is 2.27. The van der Waals surface area contributed by atoms with E-state index in [0.29, 0.717) is 12.2 Å². The fourth-order valence-corrected chi connectivity index (χ4v) is 0.775. The van der Waals surface area contributed by atoms with Crippen molar-refractivity contribution >= 4 is 17.9 Å². The molecule has 0 aromatic heterocycles. The van der Waals surface area contributed by atoms with Crippen LogP contribution in [-0.2, 0) is 4.33 Å². The van der Waals surface area contributed by atoms with E-state index in [1.54, 1.807) is 6.07 Å². The largest absolute Gasteiger partial charge is 0.503 e. The lowest BCUT2D eigenvalue weighted by Crippen LogP contribution is -1.94. The van der Waals surface area contributed by atoms with Crippen molar-refractivity contribution in [3.8, 4) is 11.5 Å². The average molecular weight is 188 g/mol. The van der Waals surface area contributed by atoms with Crippen LogP contribution in [0.1, 0.15) is 0 Å². The maximum atomic E-state index is 9.24. The first-order valence-electron chi connectivity index (χ1n) is 3.03. The maximum absolute atomic E-state index is 9.24. The van der Waals surface area contributed by atoms with Crippen LogP contribution in [0, 0.1) is 0 Å². The third-order valence-electron chi connectivity index (χ3n) is 1.19. The standard InChI is InChI=1S/C6H8N2O3S/c7-4-2-1-3-5(6(4)9)10-11-12-8/h1-3,9H,7-8H2. The second-order valence-electron chi connectivity index (χ2n) is 1.94. The molecule has 0 aliphatic rings. The van der Waals surface area contributed by atoms with E-state index < -0.39 is 0 Å². The van der Waals surface area contributed by atoms with E-state index in [1.165, 1.54) is 12.1 Å². The molecular formula is C6H8N2O3S. The molecule has 0 unspecified atom stereocenters. The molecule has 0 aliphatic carbocycles. The fraction of sp³-hybridized carbons (Fsp3) is 0. The van der Waals surface area contributed by atoms with Gasteiger partial charge in [0, 0.05) is 0 Å². The minimum Gasteiger partial charge on any atom is -0.503 e. The van der Waals surface area contributed by atoms with Gasteiger partial charge in [-0.1, -0.05) is 10.4 Å². The van der Waals surface area contributed by atoms with Gasteiger partial charge in [-0.05, 0) is 12.1 Å². The molecule has 1 aromatic carbocycles. The van der Waals surface area contributed by atoms with Gasteiger partial charge in [-0.2, -0.15) is 0 Å². The molecule has 1 rings (SSSR count). The number of nitrogens with two attached hydrogens (primary N) is 2. The lowest BCUT2D eigenvalue weighted by Gasteiger charge is -2.04. The Morgan fingerprint density at radius 2 is 2.17 bits per heavy atom. The van der Waals surface area contributed by atoms with Gasteiger partial charge < -0.3 is 15.7 Å². The number of nitrogen functional groups attached to an aromatic ring is 1. The fourth-order valence-electron chi connectivity index (χ4n) is 0.663. The molecule has 0 heterocycles. The van der Waals surface area contributed by atoms with Crippen LogP contribution in [0.3, 0.4) is 0 Å². The zero-order chi connectivity index (χ0) is 8.97. The highest BCUT2D eigenvalue weighted by Gasteiger charge is 2.05. The summed E-state index contributed by atoms with van der Waals surface area (Å²) < 4.78 is 4.33. The minimum absolute atomic E-state index is 0.132. The van der Waals surface area contributed by atoms with Gasteiger partial charge in [0.05, 0.1) is 5.69 Å². The highest BCUT2D eigenvalue weighted by molar-refractivity contribution is 7.92. The van der Waals surface area contributed by atoms with Crippen LogP contribution in [0.5, 0.6) is 11.5 Å².